The summed E-state index contributed by atoms with van der Waals surface area (Å²) < 4.78 is 4.72. The molecule has 1 atom stereocenters. The highest BCUT2D eigenvalue weighted by Gasteiger charge is 2.26. The third-order valence-corrected chi connectivity index (χ3v) is 5.23. The summed E-state index contributed by atoms with van der Waals surface area (Å²) in [6.45, 7) is 5.09. The SMILES string of the molecule is COc1cc(C(=O)O)ccc1O.Cc1cccc(C)c1NC(=O)[C@@H]1CCCCN1C. The molecule has 0 spiro atoms. The van der Waals surface area contributed by atoms with Crippen LogP contribution in [0.15, 0.2) is 36.4 Å². The van der Waals surface area contributed by atoms with Crippen molar-refractivity contribution in [1.29, 1.82) is 0 Å². The number of aryl methyl sites for hydroxylation is 2. The van der Waals surface area contributed by atoms with Gasteiger partial charge in [0.1, 0.15) is 0 Å². The minimum atomic E-state index is -1.05. The first-order chi connectivity index (χ1) is 14.2. The summed E-state index contributed by atoms with van der Waals surface area (Å²) in [6.07, 6.45) is 3.31. The first-order valence-electron chi connectivity index (χ1n) is 9.92. The van der Waals surface area contributed by atoms with Gasteiger partial charge in [-0.25, -0.2) is 4.79 Å². The zero-order valence-corrected chi connectivity index (χ0v) is 17.9. The van der Waals surface area contributed by atoms with Crippen LogP contribution in [-0.2, 0) is 4.79 Å². The number of likely N-dealkylation sites (tertiary alicyclic amines) is 1. The highest BCUT2D eigenvalue weighted by molar-refractivity contribution is 5.96. The van der Waals surface area contributed by atoms with E-state index in [-0.39, 0.29) is 29.0 Å². The summed E-state index contributed by atoms with van der Waals surface area (Å²) >= 11 is 0. The molecule has 1 fully saturated rings. The average molecular weight is 415 g/mol. The number of carboxylic acid groups (broad SMARTS) is 1. The van der Waals surface area contributed by atoms with Crippen LogP contribution in [0, 0.1) is 13.8 Å². The van der Waals surface area contributed by atoms with Gasteiger partial charge < -0.3 is 20.3 Å². The molecular weight excluding hydrogens is 384 g/mol. The number of nitrogens with one attached hydrogen (secondary N) is 1. The monoisotopic (exact) mass is 414 g/mol. The number of carbonyl (C=O) groups is 2. The molecule has 1 aliphatic rings. The molecule has 7 nitrogen and oxygen atoms in total. The summed E-state index contributed by atoms with van der Waals surface area (Å²) in [6, 6.07) is 9.96. The number of likely N-dealkylation sites (N-methyl/N-ethyl adjacent to an activating group) is 1. The molecule has 0 saturated carbocycles. The number of anilines is 1. The molecule has 0 bridgehead atoms. The van der Waals surface area contributed by atoms with E-state index in [0.29, 0.717) is 0 Å². The van der Waals surface area contributed by atoms with Gasteiger partial charge in [0, 0.05) is 5.69 Å². The number of aromatic carboxylic acids is 1. The Balaban J connectivity index is 0.000000232. The molecule has 0 aromatic heterocycles. The Labute approximate surface area is 177 Å². The molecule has 30 heavy (non-hydrogen) atoms. The van der Waals surface area contributed by atoms with Gasteiger partial charge in [-0.1, -0.05) is 24.6 Å². The van der Waals surface area contributed by atoms with Gasteiger partial charge in [0.15, 0.2) is 11.5 Å². The van der Waals surface area contributed by atoms with E-state index in [1.165, 1.54) is 31.7 Å². The molecule has 7 heteroatoms. The van der Waals surface area contributed by atoms with E-state index in [9.17, 15) is 9.59 Å². The molecule has 1 heterocycles. The molecule has 2 aromatic carbocycles. The third-order valence-electron chi connectivity index (χ3n) is 5.23. The second-order valence-electron chi connectivity index (χ2n) is 7.44. The number of piperidine rings is 1. The Morgan fingerprint density at radius 1 is 1.13 bits per heavy atom. The molecule has 0 radical (unpaired) electrons. The summed E-state index contributed by atoms with van der Waals surface area (Å²) in [5.74, 6) is -0.819. The molecule has 0 unspecified atom stereocenters. The molecule has 3 rings (SSSR count). The fraction of sp³-hybridized carbons (Fsp3) is 0.391. The predicted molar refractivity (Wildman–Crippen MR) is 116 cm³/mol. The number of aromatic hydroxyl groups is 1. The zero-order chi connectivity index (χ0) is 22.3. The Hall–Kier alpha value is -3.06. The lowest BCUT2D eigenvalue weighted by Gasteiger charge is -2.31. The van der Waals surface area contributed by atoms with Crippen molar-refractivity contribution in [2.45, 2.75) is 39.2 Å². The smallest absolute Gasteiger partial charge is 0.335 e. The van der Waals surface area contributed by atoms with Crippen LogP contribution >= 0.6 is 0 Å². The van der Waals surface area contributed by atoms with Crippen molar-refractivity contribution in [3.8, 4) is 11.5 Å². The number of phenols is 1. The number of hydrogen-bond acceptors (Lipinski definition) is 5. The number of carboxylic acids is 1. The van der Waals surface area contributed by atoms with Gasteiger partial charge >= 0.3 is 5.97 Å². The first-order valence-corrected chi connectivity index (χ1v) is 9.92. The molecule has 0 aliphatic carbocycles. The van der Waals surface area contributed by atoms with Gasteiger partial charge in [-0.05, 0) is 69.6 Å². The van der Waals surface area contributed by atoms with E-state index >= 15 is 0 Å². The van der Waals surface area contributed by atoms with E-state index in [2.05, 4.69) is 10.2 Å². The van der Waals surface area contributed by atoms with Crippen LogP contribution < -0.4 is 10.1 Å². The van der Waals surface area contributed by atoms with Crippen LogP contribution in [0.1, 0.15) is 40.7 Å². The number of benzene rings is 2. The molecule has 2 aromatic rings. The third kappa shape index (κ3) is 5.97. The fourth-order valence-corrected chi connectivity index (χ4v) is 3.44. The quantitative estimate of drug-likeness (QED) is 0.703. The second kappa shape index (κ2) is 10.6. The van der Waals surface area contributed by atoms with Crippen molar-refractivity contribution in [1.82, 2.24) is 4.90 Å². The number of nitrogens with zero attached hydrogens (tertiary/aromatic N) is 1. The van der Waals surface area contributed by atoms with Crippen LogP contribution in [0.25, 0.3) is 0 Å². The number of ether oxygens (including phenoxy) is 1. The molecule has 1 aliphatic heterocycles. The maximum Gasteiger partial charge on any atom is 0.335 e. The van der Waals surface area contributed by atoms with E-state index < -0.39 is 5.97 Å². The number of hydrogen-bond donors (Lipinski definition) is 3. The topological polar surface area (TPSA) is 99.1 Å². The van der Waals surface area contributed by atoms with Crippen LogP contribution in [0.5, 0.6) is 11.5 Å². The van der Waals surface area contributed by atoms with Crippen LogP contribution in [0.4, 0.5) is 5.69 Å². The largest absolute Gasteiger partial charge is 0.504 e. The number of para-hydroxylation sites is 1. The molecule has 3 N–H and O–H groups in total. The van der Waals surface area contributed by atoms with E-state index in [4.69, 9.17) is 14.9 Å². The molecule has 1 saturated heterocycles. The Bertz CT molecular complexity index is 877. The maximum absolute atomic E-state index is 12.3. The Morgan fingerprint density at radius 3 is 2.37 bits per heavy atom. The van der Waals surface area contributed by atoms with E-state index in [1.807, 2.05) is 39.1 Å². The summed E-state index contributed by atoms with van der Waals surface area (Å²) in [5.41, 5.74) is 3.31. The molecule has 1 amide bonds. The standard InChI is InChI=1S/C15H22N2O.C8H8O4/c1-11-7-6-8-12(2)14(11)16-15(18)13-9-4-5-10-17(13)3;1-12-7-4-5(8(10)11)2-3-6(7)9/h6-8,13H,4-5,9-10H2,1-3H3,(H,16,18);2-4,9H,1H3,(H,10,11)/t13-;/m0./s1. The van der Waals surface area contributed by atoms with Crippen molar-refractivity contribution in [3.63, 3.8) is 0 Å². The van der Waals surface area contributed by atoms with Crippen LogP contribution in [0.3, 0.4) is 0 Å². The summed E-state index contributed by atoms with van der Waals surface area (Å²) in [7, 11) is 3.40. The number of phenolic OH excluding ortho intramolecular Hbond substituents is 1. The predicted octanol–water partition coefficient (Wildman–Crippen LogP) is 3.83. The first kappa shape index (κ1) is 23.2. The molecular formula is C23H30N2O5. The summed E-state index contributed by atoms with van der Waals surface area (Å²) in [4.78, 5) is 24.9. The minimum Gasteiger partial charge on any atom is -0.504 e. The lowest BCUT2D eigenvalue weighted by atomic mass is 10.0. The summed E-state index contributed by atoms with van der Waals surface area (Å²) in [5, 5.41) is 20.8. The van der Waals surface area contributed by atoms with Crippen LogP contribution in [0.2, 0.25) is 0 Å². The Morgan fingerprint density at radius 2 is 1.80 bits per heavy atom. The zero-order valence-electron chi connectivity index (χ0n) is 17.9. The highest BCUT2D eigenvalue weighted by atomic mass is 16.5. The van der Waals surface area contributed by atoms with Gasteiger partial charge in [-0.15, -0.1) is 0 Å². The number of rotatable bonds is 4. The molecule has 162 valence electrons. The van der Waals surface area contributed by atoms with Crippen molar-refractivity contribution in [3.05, 3.63) is 53.1 Å². The number of amides is 1. The lowest BCUT2D eigenvalue weighted by Crippen LogP contribution is -2.44. The van der Waals surface area contributed by atoms with Gasteiger partial charge in [0.2, 0.25) is 5.91 Å². The van der Waals surface area contributed by atoms with Gasteiger partial charge in [0.05, 0.1) is 18.7 Å². The number of carbonyl (C=O) groups excluding carboxylic acids is 1. The van der Waals surface area contributed by atoms with Gasteiger partial charge in [-0.2, -0.15) is 0 Å². The van der Waals surface area contributed by atoms with Crippen molar-refractivity contribution in [2.75, 3.05) is 26.0 Å². The minimum absolute atomic E-state index is 0.0257. The Kier molecular flexibility index (Phi) is 8.24. The van der Waals surface area contributed by atoms with Gasteiger partial charge in [0.25, 0.3) is 0 Å². The maximum atomic E-state index is 12.3. The van der Waals surface area contributed by atoms with E-state index in [0.717, 1.165) is 36.2 Å². The number of methoxy groups -OCH3 is 1. The second-order valence-corrected chi connectivity index (χ2v) is 7.44. The van der Waals surface area contributed by atoms with E-state index in [1.54, 1.807) is 0 Å². The van der Waals surface area contributed by atoms with Crippen molar-refractivity contribution >= 4 is 17.6 Å². The van der Waals surface area contributed by atoms with Crippen LogP contribution in [-0.4, -0.2) is 53.7 Å². The average Bonchev–Trinajstić information content (AvgIpc) is 2.71. The normalized spacial score (nSPS) is 16.2. The fourth-order valence-electron chi connectivity index (χ4n) is 3.44. The van der Waals surface area contributed by atoms with Gasteiger partial charge in [-0.3, -0.25) is 9.69 Å². The lowest BCUT2D eigenvalue weighted by molar-refractivity contribution is -0.121. The highest BCUT2D eigenvalue weighted by Crippen LogP contribution is 2.26. The van der Waals surface area contributed by atoms with Crippen molar-refractivity contribution in [2.24, 2.45) is 0 Å². The van der Waals surface area contributed by atoms with Crippen molar-refractivity contribution < 1.29 is 24.5 Å².